The topological polar surface area (TPSA) is 42.4 Å². The minimum absolute atomic E-state index is 0.120. The Hall–Kier alpha value is -2.36. The van der Waals surface area contributed by atoms with E-state index in [0.29, 0.717) is 0 Å². The number of benzene rings is 1. The number of hydrogen-bond acceptors (Lipinski definition) is 3. The summed E-state index contributed by atoms with van der Waals surface area (Å²) in [6.07, 6.45) is 5.27. The molecular formula is C18H20N2O2. The van der Waals surface area contributed by atoms with E-state index < -0.39 is 0 Å². The van der Waals surface area contributed by atoms with Crippen LogP contribution in [0.3, 0.4) is 0 Å². The highest BCUT2D eigenvalue weighted by Crippen LogP contribution is 2.32. The van der Waals surface area contributed by atoms with Gasteiger partial charge in [0.1, 0.15) is 5.75 Å². The van der Waals surface area contributed by atoms with E-state index >= 15 is 0 Å². The summed E-state index contributed by atoms with van der Waals surface area (Å²) in [5.41, 5.74) is 3.20. The van der Waals surface area contributed by atoms with Gasteiger partial charge in [0, 0.05) is 24.6 Å². The Kier molecular flexibility index (Phi) is 4.09. The fourth-order valence-electron chi connectivity index (χ4n) is 3.03. The summed E-state index contributed by atoms with van der Waals surface area (Å²) in [6.45, 7) is 2.79. The molecule has 0 radical (unpaired) electrons. The van der Waals surface area contributed by atoms with Gasteiger partial charge in [0.2, 0.25) is 5.91 Å². The van der Waals surface area contributed by atoms with E-state index in [9.17, 15) is 4.79 Å². The number of rotatable bonds is 4. The molecule has 0 N–H and O–H groups in total. The first-order valence-electron chi connectivity index (χ1n) is 7.62. The number of carbonyl (C=O) groups excluding carboxylic acids is 1. The van der Waals surface area contributed by atoms with Crippen LogP contribution in [0, 0.1) is 0 Å². The van der Waals surface area contributed by atoms with Crippen LogP contribution in [0.15, 0.2) is 42.7 Å². The lowest BCUT2D eigenvalue weighted by Crippen LogP contribution is -2.33. The van der Waals surface area contributed by atoms with Crippen molar-refractivity contribution in [2.24, 2.45) is 0 Å². The Labute approximate surface area is 130 Å². The van der Waals surface area contributed by atoms with Crippen molar-refractivity contribution in [3.8, 4) is 5.75 Å². The molecule has 0 spiro atoms. The summed E-state index contributed by atoms with van der Waals surface area (Å²) in [5, 5.41) is 0. The molecule has 0 saturated carbocycles. The second-order valence-electron chi connectivity index (χ2n) is 5.48. The fraction of sp³-hybridized carbons (Fsp3) is 0.333. The van der Waals surface area contributed by atoms with E-state index in [4.69, 9.17) is 4.74 Å². The molecule has 22 heavy (non-hydrogen) atoms. The molecule has 114 valence electrons. The molecule has 0 saturated heterocycles. The third kappa shape index (κ3) is 2.56. The maximum Gasteiger partial charge on any atom is 0.234 e. The molecule has 0 bridgehead atoms. The molecule has 1 aromatic carbocycles. The molecule has 4 heteroatoms. The predicted molar refractivity (Wildman–Crippen MR) is 86.3 cm³/mol. The minimum atomic E-state index is -0.120. The van der Waals surface area contributed by atoms with Gasteiger partial charge in [-0.15, -0.1) is 0 Å². The number of anilines is 1. The fourth-order valence-corrected chi connectivity index (χ4v) is 3.03. The van der Waals surface area contributed by atoms with Crippen molar-refractivity contribution in [1.29, 1.82) is 0 Å². The summed E-state index contributed by atoms with van der Waals surface area (Å²) in [6, 6.07) is 9.71. The number of ether oxygens (including phenoxy) is 1. The zero-order valence-electron chi connectivity index (χ0n) is 13.0. The first-order valence-corrected chi connectivity index (χ1v) is 7.62. The van der Waals surface area contributed by atoms with Gasteiger partial charge in [0.05, 0.1) is 13.0 Å². The van der Waals surface area contributed by atoms with E-state index in [2.05, 4.69) is 11.9 Å². The Balaban J connectivity index is 1.86. The number of aromatic nitrogens is 1. The number of nitrogens with zero attached hydrogens (tertiary/aromatic N) is 2. The van der Waals surface area contributed by atoms with E-state index in [-0.39, 0.29) is 11.8 Å². The molecule has 2 heterocycles. The summed E-state index contributed by atoms with van der Waals surface area (Å²) in [7, 11) is 1.65. The van der Waals surface area contributed by atoms with Crippen LogP contribution < -0.4 is 9.64 Å². The molecule has 4 nitrogen and oxygen atoms in total. The van der Waals surface area contributed by atoms with Gasteiger partial charge in [-0.2, -0.15) is 0 Å². The maximum absolute atomic E-state index is 13.0. The van der Waals surface area contributed by atoms with Crippen LogP contribution in [0.25, 0.3) is 0 Å². The quantitative estimate of drug-likeness (QED) is 0.870. The molecular weight excluding hydrogens is 276 g/mol. The number of amides is 1. The molecule has 3 rings (SSSR count). The van der Waals surface area contributed by atoms with E-state index in [1.54, 1.807) is 13.3 Å². The largest absolute Gasteiger partial charge is 0.497 e. The third-order valence-corrected chi connectivity index (χ3v) is 4.26. The average Bonchev–Trinajstić information content (AvgIpc) is 3.00. The van der Waals surface area contributed by atoms with Gasteiger partial charge in [0.15, 0.2) is 0 Å². The van der Waals surface area contributed by atoms with Crippen molar-refractivity contribution < 1.29 is 9.53 Å². The minimum Gasteiger partial charge on any atom is -0.497 e. The Morgan fingerprint density at radius 1 is 1.32 bits per heavy atom. The van der Waals surface area contributed by atoms with Gasteiger partial charge in [-0.25, -0.2) is 0 Å². The number of hydrogen-bond donors (Lipinski definition) is 0. The standard InChI is InChI=1S/C18H20N2O2/c1-3-16(13-4-6-15(22-2)7-5-13)18(21)20-11-9-14-12-19-10-8-17(14)20/h4-8,10,12,16H,3,9,11H2,1-2H3/t16-/m0/s1. The highest BCUT2D eigenvalue weighted by atomic mass is 16.5. The highest BCUT2D eigenvalue weighted by Gasteiger charge is 2.30. The van der Waals surface area contributed by atoms with Gasteiger partial charge in [-0.3, -0.25) is 9.78 Å². The molecule has 0 fully saturated rings. The van der Waals surface area contributed by atoms with E-state index in [1.165, 1.54) is 0 Å². The van der Waals surface area contributed by atoms with Crippen molar-refractivity contribution >= 4 is 11.6 Å². The lowest BCUT2D eigenvalue weighted by Gasteiger charge is -2.23. The molecule has 1 aliphatic heterocycles. The second-order valence-corrected chi connectivity index (χ2v) is 5.48. The molecule has 0 aliphatic carbocycles. The average molecular weight is 296 g/mol. The zero-order valence-corrected chi connectivity index (χ0v) is 13.0. The number of pyridine rings is 1. The second kappa shape index (κ2) is 6.18. The lowest BCUT2D eigenvalue weighted by molar-refractivity contribution is -0.120. The smallest absolute Gasteiger partial charge is 0.234 e. The van der Waals surface area contributed by atoms with E-state index in [1.807, 2.05) is 41.4 Å². The van der Waals surface area contributed by atoms with E-state index in [0.717, 1.165) is 42.0 Å². The van der Waals surface area contributed by atoms with Crippen molar-refractivity contribution in [3.63, 3.8) is 0 Å². The van der Waals surface area contributed by atoms with Crippen LogP contribution in [-0.2, 0) is 11.2 Å². The molecule has 0 unspecified atom stereocenters. The number of fused-ring (bicyclic) bond motifs is 1. The summed E-state index contributed by atoms with van der Waals surface area (Å²) in [5.74, 6) is 0.853. The normalized spacial score (nSPS) is 14.5. The maximum atomic E-state index is 13.0. The highest BCUT2D eigenvalue weighted by molar-refractivity contribution is 5.99. The summed E-state index contributed by atoms with van der Waals surface area (Å²) in [4.78, 5) is 19.0. The molecule has 1 aliphatic rings. The first-order chi connectivity index (χ1) is 10.7. The molecule has 1 atom stereocenters. The van der Waals surface area contributed by atoms with Crippen LogP contribution in [0.4, 0.5) is 5.69 Å². The first kappa shape index (κ1) is 14.6. The Morgan fingerprint density at radius 3 is 2.77 bits per heavy atom. The van der Waals surface area contributed by atoms with Crippen molar-refractivity contribution in [2.45, 2.75) is 25.7 Å². The van der Waals surface area contributed by atoms with Gasteiger partial charge in [-0.05, 0) is 42.2 Å². The van der Waals surface area contributed by atoms with Gasteiger partial charge in [-0.1, -0.05) is 19.1 Å². The molecule has 2 aromatic rings. The summed E-state index contributed by atoms with van der Waals surface area (Å²) >= 11 is 0. The van der Waals surface area contributed by atoms with Crippen molar-refractivity contribution in [1.82, 2.24) is 4.98 Å². The van der Waals surface area contributed by atoms with Crippen LogP contribution in [0.2, 0.25) is 0 Å². The van der Waals surface area contributed by atoms with Gasteiger partial charge >= 0.3 is 0 Å². The number of methoxy groups -OCH3 is 1. The Morgan fingerprint density at radius 2 is 2.09 bits per heavy atom. The monoisotopic (exact) mass is 296 g/mol. The lowest BCUT2D eigenvalue weighted by atomic mass is 9.95. The van der Waals surface area contributed by atoms with Crippen LogP contribution in [0.1, 0.15) is 30.4 Å². The third-order valence-electron chi connectivity index (χ3n) is 4.26. The zero-order chi connectivity index (χ0) is 15.5. The summed E-state index contributed by atoms with van der Waals surface area (Å²) < 4.78 is 5.19. The van der Waals surface area contributed by atoms with Crippen molar-refractivity contribution in [3.05, 3.63) is 53.9 Å². The SMILES string of the molecule is CC[C@H](C(=O)N1CCc2cnccc21)c1ccc(OC)cc1. The predicted octanol–water partition coefficient (Wildman–Crippen LogP) is 3.17. The molecule has 1 aromatic heterocycles. The van der Waals surface area contributed by atoms with Crippen LogP contribution in [-0.4, -0.2) is 24.5 Å². The molecule has 1 amide bonds. The van der Waals surface area contributed by atoms with Crippen LogP contribution in [0.5, 0.6) is 5.75 Å². The van der Waals surface area contributed by atoms with Crippen molar-refractivity contribution in [2.75, 3.05) is 18.6 Å². The van der Waals surface area contributed by atoms with Crippen LogP contribution >= 0.6 is 0 Å². The Bertz CT molecular complexity index is 667. The number of carbonyl (C=O) groups is 1. The van der Waals surface area contributed by atoms with Gasteiger partial charge in [0.25, 0.3) is 0 Å². The van der Waals surface area contributed by atoms with Gasteiger partial charge < -0.3 is 9.64 Å².